The van der Waals surface area contributed by atoms with Gasteiger partial charge in [-0.05, 0) is 18.2 Å². The summed E-state index contributed by atoms with van der Waals surface area (Å²) < 4.78 is 18.0. The molecule has 0 saturated carbocycles. The Morgan fingerprint density at radius 3 is 1.95 bits per heavy atom. The molecule has 102 valence electrons. The summed E-state index contributed by atoms with van der Waals surface area (Å²) >= 11 is 6.69. The predicted molar refractivity (Wildman–Crippen MR) is 80.1 cm³/mol. The minimum atomic E-state index is -2.86. The van der Waals surface area contributed by atoms with Crippen molar-refractivity contribution in [3.05, 3.63) is 32.7 Å². The summed E-state index contributed by atoms with van der Waals surface area (Å²) in [4.78, 5) is 12.3. The topological polar surface area (TPSA) is 52.2 Å². The van der Waals surface area contributed by atoms with Crippen LogP contribution in [0.2, 0.25) is 0 Å². The second-order valence-corrected chi connectivity index (χ2v) is 8.82. The number of carbonyl (C=O) groups excluding carboxylic acids is 1. The highest BCUT2D eigenvalue weighted by Crippen LogP contribution is 2.56. The van der Waals surface area contributed by atoms with E-state index in [9.17, 15) is 9.36 Å². The molecule has 1 aromatic rings. The van der Waals surface area contributed by atoms with Crippen LogP contribution in [0.5, 0.6) is 0 Å². The Balaban J connectivity index is 1.82. The molecule has 3 rings (SSSR count). The van der Waals surface area contributed by atoms with Crippen LogP contribution >= 0.6 is 39.5 Å². The average Bonchev–Trinajstić information content (AvgIpc) is 3.15. The number of carbonyl (C=O) groups is 1. The first kappa shape index (κ1) is 13.8. The minimum Gasteiger partial charge on any atom is -0.279 e. The lowest BCUT2D eigenvalue weighted by Gasteiger charge is -2.20. The molecule has 0 spiro atoms. The van der Waals surface area contributed by atoms with Gasteiger partial charge in [-0.1, -0.05) is 31.9 Å². The van der Waals surface area contributed by atoms with E-state index in [1.807, 2.05) is 15.4 Å². The second-order valence-electron chi connectivity index (χ2n) is 4.55. The molecule has 5 nitrogen and oxygen atoms in total. The summed E-state index contributed by atoms with van der Waals surface area (Å²) in [6.45, 7) is 3.15. The first-order chi connectivity index (χ1) is 8.99. The van der Waals surface area contributed by atoms with Crippen LogP contribution < -0.4 is 5.09 Å². The maximum Gasteiger partial charge on any atom is 0.311 e. The van der Waals surface area contributed by atoms with Gasteiger partial charge in [-0.3, -0.25) is 14.4 Å². The van der Waals surface area contributed by atoms with Gasteiger partial charge in [0.05, 0.1) is 0 Å². The summed E-state index contributed by atoms with van der Waals surface area (Å²) in [5, 5.41) is 2.71. The maximum atomic E-state index is 12.8. The number of benzene rings is 1. The molecule has 2 saturated heterocycles. The standard InChI is InChI=1S/C11H12Br2N3O2P/c12-9-5-8(6-10(13)7-9)11(17)14-19(18,15-1-2-15)16-3-4-16/h5-7H,1-4H2,(H,14,17,18). The van der Waals surface area contributed by atoms with Gasteiger partial charge in [0.2, 0.25) is 0 Å². The zero-order chi connectivity index (χ0) is 13.6. The van der Waals surface area contributed by atoms with Crippen LogP contribution in [0.3, 0.4) is 0 Å². The molecule has 1 amide bonds. The van der Waals surface area contributed by atoms with Gasteiger partial charge >= 0.3 is 7.59 Å². The first-order valence-electron chi connectivity index (χ1n) is 5.89. The molecule has 0 radical (unpaired) electrons. The number of hydrogen-bond donors (Lipinski definition) is 1. The highest BCUT2D eigenvalue weighted by molar-refractivity contribution is 9.11. The molecule has 2 aliphatic rings. The lowest BCUT2D eigenvalue weighted by atomic mass is 10.2. The van der Waals surface area contributed by atoms with Crippen molar-refractivity contribution in [1.29, 1.82) is 0 Å². The van der Waals surface area contributed by atoms with Crippen LogP contribution in [0.15, 0.2) is 27.1 Å². The Labute approximate surface area is 128 Å². The summed E-state index contributed by atoms with van der Waals surface area (Å²) in [7, 11) is -2.86. The average molecular weight is 409 g/mol. The molecule has 0 atom stereocenters. The maximum absolute atomic E-state index is 12.8. The van der Waals surface area contributed by atoms with Crippen LogP contribution in [0.25, 0.3) is 0 Å². The van der Waals surface area contributed by atoms with Crippen LogP contribution in [0, 0.1) is 0 Å². The van der Waals surface area contributed by atoms with E-state index in [0.29, 0.717) is 5.56 Å². The van der Waals surface area contributed by atoms with Crippen LogP contribution in [0.4, 0.5) is 0 Å². The first-order valence-corrected chi connectivity index (χ1v) is 9.08. The van der Waals surface area contributed by atoms with E-state index in [2.05, 4.69) is 36.9 Å². The Morgan fingerprint density at radius 1 is 1.05 bits per heavy atom. The third kappa shape index (κ3) is 2.95. The van der Waals surface area contributed by atoms with E-state index in [-0.39, 0.29) is 5.91 Å². The molecule has 0 aromatic heterocycles. The lowest BCUT2D eigenvalue weighted by molar-refractivity contribution is 0.0977. The van der Waals surface area contributed by atoms with Gasteiger partial charge in [-0.15, -0.1) is 0 Å². The fraction of sp³-hybridized carbons (Fsp3) is 0.364. The monoisotopic (exact) mass is 407 g/mol. The van der Waals surface area contributed by atoms with Crippen LogP contribution in [-0.2, 0) is 4.57 Å². The van der Waals surface area contributed by atoms with E-state index >= 15 is 0 Å². The number of amides is 1. The molecule has 2 heterocycles. The van der Waals surface area contributed by atoms with Crippen molar-refractivity contribution in [3.8, 4) is 0 Å². The van der Waals surface area contributed by atoms with Crippen molar-refractivity contribution in [2.75, 3.05) is 26.2 Å². The lowest BCUT2D eigenvalue weighted by Crippen LogP contribution is -2.27. The summed E-state index contributed by atoms with van der Waals surface area (Å²) in [6.07, 6.45) is 0. The third-order valence-corrected chi connectivity index (χ3v) is 6.73. The molecule has 2 aliphatic heterocycles. The van der Waals surface area contributed by atoms with E-state index in [0.717, 1.165) is 35.1 Å². The van der Waals surface area contributed by atoms with Gasteiger partial charge in [0.1, 0.15) is 0 Å². The minimum absolute atomic E-state index is 0.302. The number of hydrogen-bond acceptors (Lipinski definition) is 2. The largest absolute Gasteiger partial charge is 0.311 e. The Bertz CT molecular complexity index is 551. The molecule has 1 N–H and O–H groups in total. The normalized spacial score (nSPS) is 19.3. The fourth-order valence-electron chi connectivity index (χ4n) is 1.83. The molecule has 8 heteroatoms. The number of halogens is 2. The zero-order valence-corrected chi connectivity index (χ0v) is 14.0. The smallest absolute Gasteiger partial charge is 0.279 e. The highest BCUT2D eigenvalue weighted by atomic mass is 79.9. The van der Waals surface area contributed by atoms with Gasteiger partial charge in [0.25, 0.3) is 5.91 Å². The molecule has 2 fully saturated rings. The Kier molecular flexibility index (Phi) is 3.60. The van der Waals surface area contributed by atoms with Crippen molar-refractivity contribution in [2.45, 2.75) is 0 Å². The molecular formula is C11H12Br2N3O2P. The fourth-order valence-corrected chi connectivity index (χ4v) is 5.42. The van der Waals surface area contributed by atoms with E-state index in [1.54, 1.807) is 12.1 Å². The van der Waals surface area contributed by atoms with E-state index < -0.39 is 7.59 Å². The second kappa shape index (κ2) is 4.97. The summed E-state index contributed by atoms with van der Waals surface area (Å²) in [6, 6.07) is 5.29. The molecule has 19 heavy (non-hydrogen) atoms. The number of nitrogens with zero attached hydrogens (tertiary/aromatic N) is 2. The van der Waals surface area contributed by atoms with Crippen LogP contribution in [-0.4, -0.2) is 41.4 Å². The molecule has 0 bridgehead atoms. The molecule has 0 unspecified atom stereocenters. The molecule has 0 aliphatic carbocycles. The predicted octanol–water partition coefficient (Wildman–Crippen LogP) is 2.68. The van der Waals surface area contributed by atoms with Crippen molar-refractivity contribution in [1.82, 2.24) is 14.4 Å². The summed E-state index contributed by atoms with van der Waals surface area (Å²) in [5.74, 6) is -0.302. The van der Waals surface area contributed by atoms with Gasteiger partial charge in [-0.2, -0.15) is 0 Å². The van der Waals surface area contributed by atoms with Crippen molar-refractivity contribution in [2.24, 2.45) is 0 Å². The molecule has 1 aromatic carbocycles. The van der Waals surface area contributed by atoms with Crippen molar-refractivity contribution in [3.63, 3.8) is 0 Å². The van der Waals surface area contributed by atoms with Crippen molar-refractivity contribution < 1.29 is 9.36 Å². The van der Waals surface area contributed by atoms with Gasteiger partial charge in [-0.25, -0.2) is 9.34 Å². The van der Waals surface area contributed by atoms with Gasteiger partial charge in [0, 0.05) is 40.7 Å². The van der Waals surface area contributed by atoms with Crippen LogP contribution in [0.1, 0.15) is 10.4 Å². The van der Waals surface area contributed by atoms with Crippen molar-refractivity contribution >= 4 is 45.4 Å². The van der Waals surface area contributed by atoms with Gasteiger partial charge < -0.3 is 0 Å². The van der Waals surface area contributed by atoms with Gasteiger partial charge in [0.15, 0.2) is 0 Å². The SMILES string of the molecule is O=C(NP(=O)(N1CC1)N1CC1)c1cc(Br)cc(Br)c1. The van der Waals surface area contributed by atoms with E-state index in [4.69, 9.17) is 0 Å². The van der Waals surface area contributed by atoms with E-state index in [1.165, 1.54) is 0 Å². The highest BCUT2D eigenvalue weighted by Gasteiger charge is 2.49. The quantitative estimate of drug-likeness (QED) is 0.614. The Hall–Kier alpha value is -0.200. The Morgan fingerprint density at radius 2 is 1.53 bits per heavy atom. The number of nitrogens with one attached hydrogen (secondary N) is 1. The molecular weight excluding hydrogens is 397 g/mol. The summed E-state index contributed by atoms with van der Waals surface area (Å²) in [5.41, 5.74) is 0.491. The zero-order valence-electron chi connectivity index (χ0n) is 9.97. The third-order valence-electron chi connectivity index (χ3n) is 2.99. The number of rotatable bonds is 4.